The van der Waals surface area contributed by atoms with Gasteiger partial charge in [0.25, 0.3) is 0 Å². The van der Waals surface area contributed by atoms with Gasteiger partial charge in [-0.15, -0.1) is 0 Å². The van der Waals surface area contributed by atoms with Gasteiger partial charge in [-0.05, 0) is 38.6 Å². The third-order valence-electron chi connectivity index (χ3n) is 4.74. The number of aromatic amines is 1. The molecule has 1 N–H and O–H groups in total. The van der Waals surface area contributed by atoms with Gasteiger partial charge in [0.2, 0.25) is 0 Å². The van der Waals surface area contributed by atoms with Gasteiger partial charge in [0.1, 0.15) is 6.04 Å². The zero-order valence-electron chi connectivity index (χ0n) is 15.8. The Bertz CT molecular complexity index is 1170. The van der Waals surface area contributed by atoms with E-state index in [0.717, 1.165) is 22.9 Å². The zero-order chi connectivity index (χ0) is 19.8. The number of H-pyrrole nitrogens is 1. The molecule has 0 spiro atoms. The largest absolute Gasteiger partial charge is 0.267 e. The van der Waals surface area contributed by atoms with E-state index in [4.69, 9.17) is 23.8 Å². The molecular weight excluding hydrogens is 394 g/mol. The Morgan fingerprint density at radius 1 is 1.21 bits per heavy atom. The molecule has 0 radical (unpaired) electrons. The van der Waals surface area contributed by atoms with E-state index in [2.05, 4.69) is 32.5 Å². The lowest BCUT2D eigenvalue weighted by Crippen LogP contribution is -2.15. The molecule has 0 bridgehead atoms. The van der Waals surface area contributed by atoms with Crippen LogP contribution in [0, 0.1) is 18.6 Å². The molecule has 3 heterocycles. The molecule has 7 nitrogen and oxygen atoms in total. The molecule has 9 heteroatoms. The first-order valence-electron chi connectivity index (χ1n) is 8.91. The first kappa shape index (κ1) is 18.6. The smallest absolute Gasteiger partial charge is 0.200 e. The fourth-order valence-electron chi connectivity index (χ4n) is 3.29. The minimum atomic E-state index is -0.156. The highest BCUT2D eigenvalue weighted by molar-refractivity contribution is 7.71. The minimum absolute atomic E-state index is 0.156. The van der Waals surface area contributed by atoms with Crippen molar-refractivity contribution in [3.05, 3.63) is 75.3 Å². The molecule has 0 saturated carbocycles. The Morgan fingerprint density at radius 3 is 2.64 bits per heavy atom. The van der Waals surface area contributed by atoms with E-state index in [1.807, 2.05) is 59.1 Å². The van der Waals surface area contributed by atoms with Gasteiger partial charge < -0.3 is 0 Å². The molecule has 0 amide bonds. The van der Waals surface area contributed by atoms with Crippen molar-refractivity contribution in [1.82, 2.24) is 34.3 Å². The molecule has 0 unspecified atom stereocenters. The molecule has 1 aromatic carbocycles. The fourth-order valence-corrected chi connectivity index (χ4v) is 3.66. The van der Waals surface area contributed by atoms with Crippen molar-refractivity contribution in [2.24, 2.45) is 0 Å². The quantitative estimate of drug-likeness (QED) is 0.496. The highest BCUT2D eigenvalue weighted by Crippen LogP contribution is 2.26. The van der Waals surface area contributed by atoms with Gasteiger partial charge in [0, 0.05) is 6.20 Å². The highest BCUT2D eigenvalue weighted by Gasteiger charge is 2.22. The fraction of sp³-hybridized carbons (Fsp3) is 0.263. The van der Waals surface area contributed by atoms with Crippen LogP contribution in [-0.4, -0.2) is 34.3 Å². The summed E-state index contributed by atoms with van der Waals surface area (Å²) in [4.78, 5) is 0. The molecule has 0 aliphatic carbocycles. The van der Waals surface area contributed by atoms with Crippen LogP contribution in [-0.2, 0) is 6.54 Å². The molecule has 0 fully saturated rings. The number of nitrogens with zero attached hydrogens (tertiary/aromatic N) is 6. The van der Waals surface area contributed by atoms with Gasteiger partial charge in [0.05, 0.1) is 34.8 Å². The summed E-state index contributed by atoms with van der Waals surface area (Å²) in [6.07, 6.45) is 3.75. The SMILES string of the molecule is Cc1nn([C@H](C)c2n[nH]c(=S)n2-c2cnn(Cc3ccccc3)c2)c(C)c1Cl. The number of benzene rings is 1. The third kappa shape index (κ3) is 3.29. The molecule has 3 aromatic heterocycles. The lowest BCUT2D eigenvalue weighted by molar-refractivity contribution is 0.513. The Labute approximate surface area is 172 Å². The van der Waals surface area contributed by atoms with Crippen LogP contribution in [0.5, 0.6) is 0 Å². The van der Waals surface area contributed by atoms with E-state index < -0.39 is 0 Å². The summed E-state index contributed by atoms with van der Waals surface area (Å²) in [6, 6.07) is 10.0. The second-order valence-corrected chi connectivity index (χ2v) is 7.47. The Hall–Kier alpha value is -2.71. The van der Waals surface area contributed by atoms with E-state index in [-0.39, 0.29) is 6.04 Å². The predicted molar refractivity (Wildman–Crippen MR) is 111 cm³/mol. The number of aryl methyl sites for hydroxylation is 1. The van der Waals surface area contributed by atoms with Crippen LogP contribution in [0.3, 0.4) is 0 Å². The van der Waals surface area contributed by atoms with Crippen LogP contribution in [0.1, 0.15) is 35.7 Å². The Morgan fingerprint density at radius 2 is 1.96 bits per heavy atom. The molecule has 4 rings (SSSR count). The van der Waals surface area contributed by atoms with Gasteiger partial charge in [-0.1, -0.05) is 41.9 Å². The van der Waals surface area contributed by atoms with Crippen LogP contribution in [0.4, 0.5) is 0 Å². The maximum Gasteiger partial charge on any atom is 0.200 e. The van der Waals surface area contributed by atoms with Crippen LogP contribution in [0.15, 0.2) is 42.7 Å². The van der Waals surface area contributed by atoms with Crippen LogP contribution < -0.4 is 0 Å². The number of hydrogen-bond acceptors (Lipinski definition) is 4. The van der Waals surface area contributed by atoms with Crippen molar-refractivity contribution in [3.63, 3.8) is 0 Å². The van der Waals surface area contributed by atoms with Crippen LogP contribution >= 0.6 is 23.8 Å². The van der Waals surface area contributed by atoms with E-state index in [1.54, 1.807) is 6.20 Å². The monoisotopic (exact) mass is 413 g/mol. The number of hydrogen-bond donors (Lipinski definition) is 1. The number of aromatic nitrogens is 7. The average molecular weight is 414 g/mol. The normalized spacial score (nSPS) is 12.4. The van der Waals surface area contributed by atoms with E-state index in [0.29, 0.717) is 16.3 Å². The second-order valence-electron chi connectivity index (χ2n) is 6.71. The molecular formula is C19H20ClN7S. The lowest BCUT2D eigenvalue weighted by Gasteiger charge is -2.14. The molecule has 0 saturated heterocycles. The standard InChI is InChI=1S/C19H20ClN7S/c1-12-17(20)13(2)27(24-12)14(3)18-22-23-19(28)26(18)16-9-21-25(11-16)10-15-7-5-4-6-8-15/h4-9,11,14H,10H2,1-3H3,(H,23,28)/t14-/m1/s1. The van der Waals surface area contributed by atoms with Crippen molar-refractivity contribution in [3.8, 4) is 5.69 Å². The summed E-state index contributed by atoms with van der Waals surface area (Å²) in [7, 11) is 0. The number of halogens is 1. The Kier molecular flexibility index (Phi) is 4.91. The predicted octanol–water partition coefficient (Wildman–Crippen LogP) is 4.25. The van der Waals surface area contributed by atoms with E-state index in [1.165, 1.54) is 5.56 Å². The van der Waals surface area contributed by atoms with Gasteiger partial charge >= 0.3 is 0 Å². The summed E-state index contributed by atoms with van der Waals surface area (Å²) in [5, 5.41) is 17.0. The topological polar surface area (TPSA) is 69.2 Å². The van der Waals surface area contributed by atoms with Crippen molar-refractivity contribution in [1.29, 1.82) is 0 Å². The molecule has 4 aromatic rings. The van der Waals surface area contributed by atoms with E-state index in [9.17, 15) is 0 Å². The summed E-state index contributed by atoms with van der Waals surface area (Å²) in [5.41, 5.74) is 3.72. The van der Waals surface area contributed by atoms with Gasteiger partial charge in [-0.2, -0.15) is 15.3 Å². The summed E-state index contributed by atoms with van der Waals surface area (Å²) >= 11 is 11.8. The molecule has 28 heavy (non-hydrogen) atoms. The summed E-state index contributed by atoms with van der Waals surface area (Å²) < 4.78 is 6.15. The first-order chi connectivity index (χ1) is 13.5. The molecule has 0 aliphatic heterocycles. The third-order valence-corrected chi connectivity index (χ3v) is 5.56. The lowest BCUT2D eigenvalue weighted by atomic mass is 10.2. The van der Waals surface area contributed by atoms with Crippen molar-refractivity contribution >= 4 is 23.8 Å². The Balaban J connectivity index is 1.69. The number of nitrogens with one attached hydrogen (secondary N) is 1. The second kappa shape index (κ2) is 7.37. The first-order valence-corrected chi connectivity index (χ1v) is 9.69. The van der Waals surface area contributed by atoms with Gasteiger partial charge in [0.15, 0.2) is 10.6 Å². The summed E-state index contributed by atoms with van der Waals surface area (Å²) in [5.74, 6) is 0.742. The van der Waals surface area contributed by atoms with Gasteiger partial charge in [-0.25, -0.2) is 0 Å². The molecule has 1 atom stereocenters. The zero-order valence-corrected chi connectivity index (χ0v) is 17.4. The van der Waals surface area contributed by atoms with Crippen molar-refractivity contribution < 1.29 is 0 Å². The maximum absolute atomic E-state index is 6.32. The molecule has 144 valence electrons. The van der Waals surface area contributed by atoms with E-state index >= 15 is 0 Å². The number of rotatable bonds is 5. The highest BCUT2D eigenvalue weighted by atomic mass is 35.5. The molecule has 0 aliphatic rings. The maximum atomic E-state index is 6.32. The van der Waals surface area contributed by atoms with Crippen molar-refractivity contribution in [2.45, 2.75) is 33.4 Å². The van der Waals surface area contributed by atoms with Crippen molar-refractivity contribution in [2.75, 3.05) is 0 Å². The minimum Gasteiger partial charge on any atom is -0.267 e. The van der Waals surface area contributed by atoms with Crippen LogP contribution in [0.25, 0.3) is 5.69 Å². The summed E-state index contributed by atoms with van der Waals surface area (Å²) in [6.45, 7) is 6.54. The average Bonchev–Trinajstić information content (AvgIpc) is 3.37. The van der Waals surface area contributed by atoms with Gasteiger partial charge in [-0.3, -0.25) is 19.0 Å². The van der Waals surface area contributed by atoms with Crippen LogP contribution in [0.2, 0.25) is 5.02 Å².